The first kappa shape index (κ1) is 12.9. The zero-order chi connectivity index (χ0) is 13.3. The lowest BCUT2D eigenvalue weighted by Crippen LogP contribution is -1.99. The molecule has 8 heteroatoms. The van der Waals surface area contributed by atoms with Crippen molar-refractivity contribution in [2.24, 2.45) is 5.73 Å². The maximum atomic E-state index is 13.8. The first-order chi connectivity index (χ1) is 8.58. The molecule has 1 heterocycles. The van der Waals surface area contributed by atoms with Gasteiger partial charge in [-0.2, -0.15) is 4.98 Å². The van der Waals surface area contributed by atoms with Crippen molar-refractivity contribution in [3.63, 3.8) is 0 Å². The van der Waals surface area contributed by atoms with Gasteiger partial charge in [-0.1, -0.05) is 5.16 Å². The van der Waals surface area contributed by atoms with Gasteiger partial charge in [0.05, 0.1) is 18.1 Å². The van der Waals surface area contributed by atoms with Crippen molar-refractivity contribution >= 4 is 15.9 Å². The van der Waals surface area contributed by atoms with Gasteiger partial charge in [0.15, 0.2) is 11.6 Å². The van der Waals surface area contributed by atoms with Gasteiger partial charge in [-0.25, -0.2) is 8.78 Å². The highest BCUT2D eigenvalue weighted by molar-refractivity contribution is 9.10. The van der Waals surface area contributed by atoms with E-state index in [1.165, 1.54) is 7.11 Å². The fraction of sp³-hybridized carbons (Fsp3) is 0.200. The second-order valence-corrected chi connectivity index (χ2v) is 4.13. The number of benzene rings is 1. The maximum Gasteiger partial charge on any atom is 0.240 e. The molecule has 0 fully saturated rings. The Hall–Kier alpha value is -1.54. The normalized spacial score (nSPS) is 10.7. The predicted octanol–water partition coefficient (Wildman–Crippen LogP) is 2.24. The Bertz CT molecular complexity index is 589. The molecular weight excluding hydrogens is 312 g/mol. The average Bonchev–Trinajstić information content (AvgIpc) is 2.81. The highest BCUT2D eigenvalue weighted by Crippen LogP contribution is 2.38. The van der Waals surface area contributed by atoms with Gasteiger partial charge in [-0.05, 0) is 22.0 Å². The smallest absolute Gasteiger partial charge is 0.240 e. The van der Waals surface area contributed by atoms with Gasteiger partial charge in [-0.15, -0.1) is 0 Å². The van der Waals surface area contributed by atoms with Gasteiger partial charge in [0.1, 0.15) is 11.3 Å². The number of nitrogens with two attached hydrogens (primary N) is 1. The van der Waals surface area contributed by atoms with Crippen LogP contribution in [0.1, 0.15) is 5.89 Å². The Balaban J connectivity index is 2.68. The first-order valence-electron chi connectivity index (χ1n) is 4.83. The molecule has 1 aromatic carbocycles. The zero-order valence-electron chi connectivity index (χ0n) is 9.21. The number of rotatable bonds is 3. The quantitative estimate of drug-likeness (QED) is 0.878. The Morgan fingerprint density at radius 1 is 1.50 bits per heavy atom. The summed E-state index contributed by atoms with van der Waals surface area (Å²) in [6.45, 7) is 0.00736. The minimum absolute atomic E-state index is 0.00736. The standard InChI is InChI=1S/C10H8BrF2N3O2/c1-17-9-4(11)2-5(12)8(13)7(9)10-15-6(3-14)18-16-10/h2H,3,14H2,1H3. The van der Waals surface area contributed by atoms with E-state index >= 15 is 0 Å². The lowest BCUT2D eigenvalue weighted by molar-refractivity contribution is 0.378. The van der Waals surface area contributed by atoms with Crippen LogP contribution in [0.25, 0.3) is 11.4 Å². The van der Waals surface area contributed by atoms with Crippen LogP contribution >= 0.6 is 15.9 Å². The number of hydrogen-bond donors (Lipinski definition) is 1. The fourth-order valence-corrected chi connectivity index (χ4v) is 1.98. The Morgan fingerprint density at radius 2 is 2.22 bits per heavy atom. The highest BCUT2D eigenvalue weighted by atomic mass is 79.9. The number of ether oxygens (including phenoxy) is 1. The van der Waals surface area contributed by atoms with E-state index in [2.05, 4.69) is 26.1 Å². The molecule has 2 aromatic rings. The van der Waals surface area contributed by atoms with Crippen LogP contribution in [0.4, 0.5) is 8.78 Å². The van der Waals surface area contributed by atoms with Gasteiger partial charge >= 0.3 is 0 Å². The van der Waals surface area contributed by atoms with E-state index in [-0.39, 0.29) is 34.0 Å². The van der Waals surface area contributed by atoms with E-state index in [9.17, 15) is 8.78 Å². The molecule has 0 aliphatic carbocycles. The van der Waals surface area contributed by atoms with Crippen molar-refractivity contribution in [3.05, 3.63) is 28.1 Å². The molecule has 1 aromatic heterocycles. The molecular formula is C10H8BrF2N3O2. The molecule has 0 unspecified atom stereocenters. The van der Waals surface area contributed by atoms with Crippen molar-refractivity contribution in [1.29, 1.82) is 0 Å². The van der Waals surface area contributed by atoms with Crippen molar-refractivity contribution in [2.75, 3.05) is 7.11 Å². The molecule has 0 saturated heterocycles. The Morgan fingerprint density at radius 3 is 2.78 bits per heavy atom. The van der Waals surface area contributed by atoms with E-state index in [1.807, 2.05) is 0 Å². The molecule has 2 N–H and O–H groups in total. The third-order valence-electron chi connectivity index (χ3n) is 2.20. The summed E-state index contributed by atoms with van der Waals surface area (Å²) in [5.74, 6) is -2.08. The van der Waals surface area contributed by atoms with Crippen LogP contribution in [-0.2, 0) is 6.54 Å². The van der Waals surface area contributed by atoms with Crippen LogP contribution < -0.4 is 10.5 Å². The second-order valence-electron chi connectivity index (χ2n) is 3.28. The van der Waals surface area contributed by atoms with E-state index in [0.29, 0.717) is 0 Å². The van der Waals surface area contributed by atoms with Crippen molar-refractivity contribution in [3.8, 4) is 17.1 Å². The summed E-state index contributed by atoms with van der Waals surface area (Å²) >= 11 is 3.07. The molecule has 0 atom stereocenters. The summed E-state index contributed by atoms with van der Waals surface area (Å²) < 4.78 is 37.2. The second kappa shape index (κ2) is 4.99. The highest BCUT2D eigenvalue weighted by Gasteiger charge is 2.23. The number of methoxy groups -OCH3 is 1. The molecule has 0 amide bonds. The molecule has 0 aliphatic rings. The number of nitrogens with zero attached hydrogens (tertiary/aromatic N) is 2. The van der Waals surface area contributed by atoms with Crippen molar-refractivity contribution in [2.45, 2.75) is 6.54 Å². The molecule has 0 radical (unpaired) electrons. The third-order valence-corrected chi connectivity index (χ3v) is 2.79. The summed E-state index contributed by atoms with van der Waals surface area (Å²) in [7, 11) is 1.32. The molecule has 0 saturated carbocycles. The lowest BCUT2D eigenvalue weighted by atomic mass is 10.1. The third kappa shape index (κ3) is 2.08. The van der Waals surface area contributed by atoms with Crippen LogP contribution in [0.15, 0.2) is 15.1 Å². The van der Waals surface area contributed by atoms with Gasteiger partial charge < -0.3 is 15.0 Å². The van der Waals surface area contributed by atoms with Crippen LogP contribution in [0.2, 0.25) is 0 Å². The Labute approximate surface area is 109 Å². The van der Waals surface area contributed by atoms with E-state index in [0.717, 1.165) is 6.07 Å². The predicted molar refractivity (Wildman–Crippen MR) is 61.8 cm³/mol. The summed E-state index contributed by atoms with van der Waals surface area (Å²) in [6, 6.07) is 0.960. The van der Waals surface area contributed by atoms with E-state index < -0.39 is 11.6 Å². The monoisotopic (exact) mass is 319 g/mol. The minimum atomic E-state index is -1.11. The Kier molecular flexibility index (Phi) is 3.58. The topological polar surface area (TPSA) is 74.2 Å². The summed E-state index contributed by atoms with van der Waals surface area (Å²) in [5.41, 5.74) is 5.09. The van der Waals surface area contributed by atoms with Gasteiger partial charge in [0.25, 0.3) is 0 Å². The maximum absolute atomic E-state index is 13.8. The van der Waals surface area contributed by atoms with Gasteiger partial charge in [0.2, 0.25) is 11.7 Å². The fourth-order valence-electron chi connectivity index (χ4n) is 1.42. The van der Waals surface area contributed by atoms with Gasteiger partial charge in [-0.3, -0.25) is 0 Å². The molecule has 2 rings (SSSR count). The number of aromatic nitrogens is 2. The summed E-state index contributed by atoms with van der Waals surface area (Å²) in [6.07, 6.45) is 0. The SMILES string of the molecule is COc1c(Br)cc(F)c(F)c1-c1noc(CN)n1. The minimum Gasteiger partial charge on any atom is -0.495 e. The van der Waals surface area contributed by atoms with E-state index in [4.69, 9.17) is 15.0 Å². The molecule has 96 valence electrons. The molecule has 0 bridgehead atoms. The van der Waals surface area contributed by atoms with Crippen molar-refractivity contribution in [1.82, 2.24) is 10.1 Å². The average molecular weight is 320 g/mol. The first-order valence-corrected chi connectivity index (χ1v) is 5.62. The molecule has 5 nitrogen and oxygen atoms in total. The number of hydrogen-bond acceptors (Lipinski definition) is 5. The van der Waals surface area contributed by atoms with Crippen LogP contribution in [-0.4, -0.2) is 17.3 Å². The van der Waals surface area contributed by atoms with Crippen LogP contribution in [0, 0.1) is 11.6 Å². The largest absolute Gasteiger partial charge is 0.495 e. The van der Waals surface area contributed by atoms with Crippen LogP contribution in [0.3, 0.4) is 0 Å². The van der Waals surface area contributed by atoms with Crippen molar-refractivity contribution < 1.29 is 18.0 Å². The van der Waals surface area contributed by atoms with Crippen LogP contribution in [0.5, 0.6) is 5.75 Å². The summed E-state index contributed by atoms with van der Waals surface area (Å²) in [5, 5.41) is 3.54. The lowest BCUT2D eigenvalue weighted by Gasteiger charge is -2.09. The summed E-state index contributed by atoms with van der Waals surface area (Å²) in [4.78, 5) is 3.84. The van der Waals surface area contributed by atoms with E-state index in [1.54, 1.807) is 0 Å². The molecule has 0 aliphatic heterocycles. The number of halogens is 3. The van der Waals surface area contributed by atoms with Gasteiger partial charge in [0, 0.05) is 0 Å². The molecule has 0 spiro atoms. The zero-order valence-corrected chi connectivity index (χ0v) is 10.8. The molecule has 18 heavy (non-hydrogen) atoms.